The monoisotopic (exact) mass is 1070 g/mol. The summed E-state index contributed by atoms with van der Waals surface area (Å²) < 4.78 is 198. The molecule has 0 spiro atoms. The van der Waals surface area contributed by atoms with Gasteiger partial charge in [0.15, 0.2) is 0 Å². The topological polar surface area (TPSA) is 9.72 Å². The van der Waals surface area contributed by atoms with Crippen LogP contribution in [-0.2, 0) is 32.5 Å². The lowest BCUT2D eigenvalue weighted by atomic mass is 9.36. The van der Waals surface area contributed by atoms with Crippen LogP contribution in [0.4, 0.5) is 51.2 Å². The molecule has 0 fully saturated rings. The molecule has 1 aliphatic carbocycles. The van der Waals surface area contributed by atoms with E-state index in [9.17, 15) is 24.7 Å². The molecule has 0 bridgehead atoms. The van der Waals surface area contributed by atoms with E-state index in [0.29, 0.717) is 21.6 Å². The molecular weight excluding hydrogens is 974 g/mol. The first-order valence-corrected chi connectivity index (χ1v) is 28.2. The van der Waals surface area contributed by atoms with Crippen molar-refractivity contribution < 1.29 is 27.4 Å². The summed E-state index contributed by atoms with van der Waals surface area (Å²) in [6.45, 7) is 30.0. The van der Waals surface area contributed by atoms with Gasteiger partial charge in [-0.2, -0.15) is 0 Å². The van der Waals surface area contributed by atoms with E-state index in [1.165, 1.54) is 22.3 Å². The summed E-state index contributed by atoms with van der Waals surface area (Å²) in [5.74, 6) is 0. The molecule has 0 atom stereocenters. The van der Waals surface area contributed by atoms with Crippen molar-refractivity contribution in [3.8, 4) is 11.1 Å². The first-order chi connectivity index (χ1) is 45.5. The highest BCUT2D eigenvalue weighted by Crippen LogP contribution is 2.55. The van der Waals surface area contributed by atoms with Crippen molar-refractivity contribution in [2.24, 2.45) is 0 Å². The normalized spacial score (nSPS) is 19.2. The third kappa shape index (κ3) is 9.04. The molecule has 0 radical (unpaired) electrons. The van der Waals surface area contributed by atoms with E-state index in [1.807, 2.05) is 26.8 Å². The van der Waals surface area contributed by atoms with Gasteiger partial charge in [-0.05, 0) is 174 Å². The molecule has 9 aromatic rings. The highest BCUT2D eigenvalue weighted by Gasteiger charge is 2.47. The number of para-hydroxylation sites is 2. The van der Waals surface area contributed by atoms with Gasteiger partial charge in [0, 0.05) is 54.6 Å². The largest absolute Gasteiger partial charge is 0.311 e. The zero-order chi connectivity index (χ0) is 73.3. The summed E-state index contributed by atoms with van der Waals surface area (Å²) in [6.07, 6.45) is 1.71. The lowest BCUT2D eigenvalue weighted by molar-refractivity contribution is 0.332. The molecular formula is C74H80BN3S. The number of benzene rings is 8. The van der Waals surface area contributed by atoms with Crippen molar-refractivity contribution in [2.75, 3.05) is 14.7 Å². The van der Waals surface area contributed by atoms with Gasteiger partial charge in [-0.1, -0.05) is 201 Å². The molecule has 3 heterocycles. The van der Waals surface area contributed by atoms with Gasteiger partial charge in [0.2, 0.25) is 0 Å². The molecule has 12 rings (SSSR count). The molecule has 79 heavy (non-hydrogen) atoms. The fourth-order valence-electron chi connectivity index (χ4n) is 11.5. The molecule has 0 saturated heterocycles. The van der Waals surface area contributed by atoms with Crippen molar-refractivity contribution in [1.29, 1.82) is 0 Å². The Balaban J connectivity index is 1.42. The van der Waals surface area contributed by atoms with E-state index in [2.05, 4.69) is 83.7 Å². The van der Waals surface area contributed by atoms with Crippen molar-refractivity contribution in [2.45, 2.75) is 156 Å². The van der Waals surface area contributed by atoms with Gasteiger partial charge >= 0.3 is 0 Å². The predicted molar refractivity (Wildman–Crippen MR) is 346 cm³/mol. The van der Waals surface area contributed by atoms with Crippen LogP contribution in [0.25, 0.3) is 21.2 Å². The Bertz CT molecular complexity index is 4910. The summed E-state index contributed by atoms with van der Waals surface area (Å²) in [7, 11) is 0. The first kappa shape index (κ1) is 34.4. The van der Waals surface area contributed by atoms with Crippen LogP contribution >= 0.6 is 11.3 Å². The van der Waals surface area contributed by atoms with Crippen LogP contribution in [0.2, 0.25) is 0 Å². The quantitative estimate of drug-likeness (QED) is 0.154. The van der Waals surface area contributed by atoms with Crippen LogP contribution in [0.15, 0.2) is 169 Å². The van der Waals surface area contributed by atoms with Crippen LogP contribution in [0.1, 0.15) is 184 Å². The van der Waals surface area contributed by atoms with Gasteiger partial charge in [0.1, 0.15) is 0 Å². The molecule has 0 N–H and O–H groups in total. The Morgan fingerprint density at radius 3 is 1.61 bits per heavy atom. The minimum Gasteiger partial charge on any atom is -0.311 e. The number of anilines is 9. The maximum absolute atomic E-state index is 10.9. The van der Waals surface area contributed by atoms with Crippen LogP contribution in [0, 0.1) is 0 Å². The maximum atomic E-state index is 10.9. The standard InChI is InChI=1S/C74H80BN3S/c1-69(2,3)48-29-27-47(28-30-48)56-41-49(70(4,5)6)31-36-61(56)78-62-37-32-51(72(10,11)12)43-60(62)75-66-63(45-55(46-64(66)78)76(52-23-19-17-20-24-52)53-25-21-18-22-26-53)77(54-34-35-58-59(44-54)74(15,16)40-39-73(58,13)14)67-57-42-50(71(7,8)9)33-38-65(57)79-68(67)75/h17-38,41-46H,39-40H2,1-16H3/i17D,18D,19D,20D,21D,22D,23D,24D,25D,26D,27D,28D,29D,30D,31D,32D,36D,37D,41D,43D. The Morgan fingerprint density at radius 2 is 1.03 bits per heavy atom. The maximum Gasteiger partial charge on any atom is 0.264 e. The van der Waals surface area contributed by atoms with Gasteiger partial charge in [-0.25, -0.2) is 0 Å². The summed E-state index contributed by atoms with van der Waals surface area (Å²) in [6, 6.07) is 2.84. The number of fused-ring (bicyclic) bond motifs is 7. The summed E-state index contributed by atoms with van der Waals surface area (Å²) in [5.41, 5.74) is -1.70. The number of hydrogen-bond donors (Lipinski definition) is 0. The average molecular weight is 1070 g/mol. The molecule has 400 valence electrons. The van der Waals surface area contributed by atoms with Gasteiger partial charge < -0.3 is 14.7 Å². The van der Waals surface area contributed by atoms with Gasteiger partial charge in [0.25, 0.3) is 6.71 Å². The molecule has 0 saturated carbocycles. The van der Waals surface area contributed by atoms with Crippen LogP contribution in [-0.4, -0.2) is 6.71 Å². The lowest BCUT2D eigenvalue weighted by Gasteiger charge is -2.46. The van der Waals surface area contributed by atoms with Gasteiger partial charge in [0.05, 0.1) is 44.5 Å². The number of thiophene rings is 1. The Morgan fingerprint density at radius 1 is 0.494 bits per heavy atom. The fourth-order valence-corrected chi connectivity index (χ4v) is 12.7. The highest BCUT2D eigenvalue weighted by atomic mass is 32.1. The van der Waals surface area contributed by atoms with Crippen molar-refractivity contribution in [3.63, 3.8) is 0 Å². The van der Waals surface area contributed by atoms with E-state index in [4.69, 9.17) is 2.74 Å². The van der Waals surface area contributed by atoms with Crippen molar-refractivity contribution in [3.05, 3.63) is 203 Å². The average Bonchev–Trinajstić information content (AvgIpc) is 1.66. The van der Waals surface area contributed by atoms with E-state index in [0.717, 1.165) is 44.5 Å². The number of nitrogens with zero attached hydrogens (tertiary/aromatic N) is 3. The zero-order valence-electron chi connectivity index (χ0n) is 68.4. The van der Waals surface area contributed by atoms with Crippen LogP contribution in [0.3, 0.4) is 0 Å². The minimum atomic E-state index is -1.12. The molecule has 0 unspecified atom stereocenters. The van der Waals surface area contributed by atoms with E-state index in [1.54, 1.807) is 47.6 Å². The van der Waals surface area contributed by atoms with E-state index >= 15 is 0 Å². The fraction of sp³-hybridized carbons (Fsp3) is 0.324. The molecule has 0 amide bonds. The lowest BCUT2D eigenvalue weighted by Crippen LogP contribution is -2.60. The third-order valence-electron chi connectivity index (χ3n) is 16.2. The second-order valence-electron chi connectivity index (χ2n) is 27.0. The van der Waals surface area contributed by atoms with Gasteiger partial charge in [-0.15, -0.1) is 11.3 Å². The van der Waals surface area contributed by atoms with Gasteiger partial charge in [-0.3, -0.25) is 0 Å². The summed E-state index contributed by atoms with van der Waals surface area (Å²) in [5, 5.41) is 0.772. The van der Waals surface area contributed by atoms with Crippen LogP contribution in [0.5, 0.6) is 0 Å². The summed E-state index contributed by atoms with van der Waals surface area (Å²) in [4.78, 5) is 4.48. The Hall–Kier alpha value is -6.82. The zero-order valence-corrected chi connectivity index (χ0v) is 49.2. The predicted octanol–water partition coefficient (Wildman–Crippen LogP) is 19.7. The molecule has 1 aromatic heterocycles. The Labute approximate surface area is 505 Å². The van der Waals surface area contributed by atoms with E-state index < -0.39 is 171 Å². The molecule has 8 aromatic carbocycles. The third-order valence-corrected chi connectivity index (χ3v) is 17.4. The molecule has 2 aliphatic heterocycles. The second kappa shape index (κ2) is 18.4. The SMILES string of the molecule is [2H]c1c([2H])c([2H])c(N(c2cc3c4c(c2)N(c2ccc5c(c2)C(C)(C)CCC5(C)C)c2c(sc5ccc(C(C)(C)C)cc25)B4c2c([2H])c(C(C)(C)C)c([2H])c([2H])c2N3c2c([2H])c([2H])c(C(C)(C)C)c([2H])c2-c2c([2H])c([2H])c(C(C)(C)C)c([2H])c2[2H])c2c([2H])c([2H])c([2H])c([2H])c2[2H])c([2H])c1[2H]. The van der Waals surface area contributed by atoms with Crippen molar-refractivity contribution in [1.82, 2.24) is 0 Å². The smallest absolute Gasteiger partial charge is 0.264 e. The Kier molecular flexibility index (Phi) is 7.99. The summed E-state index contributed by atoms with van der Waals surface area (Å²) >= 11 is 1.45. The van der Waals surface area contributed by atoms with Crippen molar-refractivity contribution >= 4 is 95.0 Å². The number of rotatable bonds is 6. The van der Waals surface area contributed by atoms with Crippen LogP contribution < -0.4 is 30.4 Å². The molecule has 5 heteroatoms. The highest BCUT2D eigenvalue weighted by molar-refractivity contribution is 7.33. The first-order valence-electron chi connectivity index (χ1n) is 37.4. The minimum absolute atomic E-state index is 0.00628. The molecule has 3 nitrogen and oxygen atoms in total. The molecule has 3 aliphatic rings. The van der Waals surface area contributed by atoms with E-state index in [-0.39, 0.29) is 61.9 Å². The second-order valence-corrected chi connectivity index (χ2v) is 28.1. The number of hydrogen-bond acceptors (Lipinski definition) is 4.